The van der Waals surface area contributed by atoms with Gasteiger partial charge in [0.25, 0.3) is 0 Å². The normalized spacial score (nSPS) is 15.1. The molecule has 0 unspecified atom stereocenters. The van der Waals surface area contributed by atoms with Crippen LogP contribution in [0.3, 0.4) is 0 Å². The van der Waals surface area contributed by atoms with Gasteiger partial charge in [-0.15, -0.1) is 5.10 Å². The van der Waals surface area contributed by atoms with Crippen molar-refractivity contribution in [3.05, 3.63) is 74.9 Å². The second-order valence-corrected chi connectivity index (χ2v) is 9.67. The van der Waals surface area contributed by atoms with Crippen LogP contribution in [0.2, 0.25) is 10.0 Å². The van der Waals surface area contributed by atoms with Crippen LogP contribution in [0.1, 0.15) is 66.8 Å². The van der Waals surface area contributed by atoms with Crippen molar-refractivity contribution >= 4 is 40.2 Å². The molecule has 35 heavy (non-hydrogen) atoms. The van der Waals surface area contributed by atoms with Crippen molar-refractivity contribution in [3.8, 4) is 17.3 Å². The number of rotatable bonds is 6. The van der Waals surface area contributed by atoms with Gasteiger partial charge in [-0.25, -0.2) is 4.68 Å². The minimum absolute atomic E-state index is 0.299. The zero-order valence-electron chi connectivity index (χ0n) is 19.0. The summed E-state index contributed by atoms with van der Waals surface area (Å²) in [5, 5.41) is 28.8. The van der Waals surface area contributed by atoms with Crippen LogP contribution in [0.25, 0.3) is 22.3 Å². The topological polar surface area (TPSA) is 105 Å². The Kier molecular flexibility index (Phi) is 5.96. The number of benzene rings is 2. The fraction of sp³-hybridized carbons (Fsp3) is 0.269. The average Bonchev–Trinajstić information content (AvgIpc) is 3.60. The maximum atomic E-state index is 11.7. The Balaban J connectivity index is 1.63. The van der Waals surface area contributed by atoms with Crippen molar-refractivity contribution in [2.45, 2.75) is 44.6 Å². The van der Waals surface area contributed by atoms with Gasteiger partial charge in [-0.1, -0.05) is 40.5 Å². The van der Waals surface area contributed by atoms with Gasteiger partial charge in [-0.05, 0) is 68.0 Å². The Morgan fingerprint density at radius 3 is 2.66 bits per heavy atom. The number of nitriles is 1. The first-order chi connectivity index (χ1) is 16.8. The Morgan fingerprint density at radius 2 is 1.97 bits per heavy atom. The molecule has 9 heteroatoms. The number of carboxylic acids is 1. The average molecular weight is 506 g/mol. The van der Waals surface area contributed by atoms with Gasteiger partial charge in [0.15, 0.2) is 0 Å². The number of halogens is 2. The molecular weight excluding hydrogens is 485 g/mol. The minimum Gasteiger partial charge on any atom is -0.481 e. The van der Waals surface area contributed by atoms with Crippen molar-refractivity contribution in [2.24, 2.45) is 0 Å². The zero-order valence-corrected chi connectivity index (χ0v) is 20.5. The van der Waals surface area contributed by atoms with Gasteiger partial charge in [0, 0.05) is 16.1 Å². The predicted octanol–water partition coefficient (Wildman–Crippen LogP) is 6.35. The Labute approximate surface area is 211 Å². The first-order valence-electron chi connectivity index (χ1n) is 11.3. The smallest absolute Gasteiger partial charge is 0.310 e. The quantitative estimate of drug-likeness (QED) is 0.327. The van der Waals surface area contributed by atoms with Crippen LogP contribution in [0.4, 0.5) is 0 Å². The van der Waals surface area contributed by atoms with Crippen molar-refractivity contribution in [1.82, 2.24) is 20.0 Å². The fourth-order valence-electron chi connectivity index (χ4n) is 4.43. The molecule has 1 aliphatic carbocycles. The summed E-state index contributed by atoms with van der Waals surface area (Å²) in [6, 6.07) is 12.5. The van der Waals surface area contributed by atoms with Crippen LogP contribution < -0.4 is 0 Å². The number of fused-ring (bicyclic) bond motifs is 1. The number of aromatic nitrogens is 4. The molecule has 2 aromatic carbocycles. The van der Waals surface area contributed by atoms with Crippen LogP contribution in [0.15, 0.2) is 42.6 Å². The molecule has 0 amide bonds. The molecule has 5 rings (SSSR count). The predicted molar refractivity (Wildman–Crippen MR) is 134 cm³/mol. The van der Waals surface area contributed by atoms with Crippen molar-refractivity contribution in [2.75, 3.05) is 0 Å². The number of nitrogens with zero attached hydrogens (tertiary/aromatic N) is 5. The number of hydrogen-bond donors (Lipinski definition) is 1. The summed E-state index contributed by atoms with van der Waals surface area (Å²) < 4.78 is 1.76. The number of carbonyl (C=O) groups is 1. The van der Waals surface area contributed by atoms with E-state index in [9.17, 15) is 15.2 Å². The Bertz CT molecular complexity index is 1520. The second kappa shape index (κ2) is 8.95. The molecule has 1 fully saturated rings. The zero-order chi connectivity index (χ0) is 24.9. The van der Waals surface area contributed by atoms with E-state index in [2.05, 4.69) is 21.4 Å². The third-order valence-corrected chi connectivity index (χ3v) is 7.36. The number of aliphatic carboxylic acids is 1. The van der Waals surface area contributed by atoms with Crippen LogP contribution in [-0.4, -0.2) is 31.1 Å². The summed E-state index contributed by atoms with van der Waals surface area (Å²) in [7, 11) is 0. The van der Waals surface area contributed by atoms with E-state index < -0.39 is 11.9 Å². The molecular formula is C26H21Cl2N5O2. The molecule has 7 nitrogen and oxygen atoms in total. The van der Waals surface area contributed by atoms with Gasteiger partial charge in [0.2, 0.25) is 0 Å². The monoisotopic (exact) mass is 505 g/mol. The summed E-state index contributed by atoms with van der Waals surface area (Å²) >= 11 is 13.4. The maximum Gasteiger partial charge on any atom is 0.310 e. The number of hydrogen-bond acceptors (Lipinski definition) is 5. The molecule has 0 saturated heterocycles. The molecule has 0 radical (unpaired) electrons. The van der Waals surface area contributed by atoms with Crippen LogP contribution in [0, 0.1) is 11.3 Å². The lowest BCUT2D eigenvalue weighted by molar-refractivity contribution is -0.138. The first kappa shape index (κ1) is 23.3. The largest absolute Gasteiger partial charge is 0.481 e. The van der Waals surface area contributed by atoms with E-state index in [1.807, 2.05) is 25.1 Å². The van der Waals surface area contributed by atoms with E-state index in [1.54, 1.807) is 36.0 Å². The lowest BCUT2D eigenvalue weighted by atomic mass is 9.92. The molecule has 4 aromatic rings. The van der Waals surface area contributed by atoms with E-state index >= 15 is 0 Å². The molecule has 1 aliphatic rings. The molecule has 1 saturated carbocycles. The van der Waals surface area contributed by atoms with Gasteiger partial charge in [0.1, 0.15) is 5.52 Å². The Hall–Kier alpha value is -3.47. The lowest BCUT2D eigenvalue weighted by Gasteiger charge is -2.19. The van der Waals surface area contributed by atoms with E-state index in [4.69, 9.17) is 23.2 Å². The summed E-state index contributed by atoms with van der Waals surface area (Å²) in [5.74, 6) is -1.33. The molecule has 2 heterocycles. The van der Waals surface area contributed by atoms with Gasteiger partial charge < -0.3 is 5.11 Å². The Morgan fingerprint density at radius 1 is 1.20 bits per heavy atom. The lowest BCUT2D eigenvalue weighted by Crippen LogP contribution is -2.11. The highest BCUT2D eigenvalue weighted by Crippen LogP contribution is 2.47. The molecule has 0 aliphatic heterocycles. The molecule has 0 spiro atoms. The standard InChI is InChI=1S/C26H21Cl2N5O2/c1-13(26(34)35)19-9-15(11-29)3-6-18(19)21-10-23-22(12-30-21)31-32-33(23)14(2)24-20(27)8-7-17(25(24)28)16-4-5-16/h3,6-10,12-14,16H,4-5H2,1-2H3,(H,34,35)/t13-,14-/m1/s1. The molecule has 1 N–H and O–H groups in total. The number of pyridine rings is 1. The maximum absolute atomic E-state index is 11.7. The SMILES string of the molecule is C[C@H](c1c(Cl)ccc(C2CC2)c1Cl)n1nnc2cnc(-c3ccc(C#N)cc3[C@@H](C)C(=O)O)cc21. The van der Waals surface area contributed by atoms with Crippen molar-refractivity contribution in [1.29, 1.82) is 5.26 Å². The van der Waals surface area contributed by atoms with E-state index in [0.29, 0.717) is 49.4 Å². The number of carboxylic acid groups (broad SMARTS) is 1. The third-order valence-electron chi connectivity index (χ3n) is 6.61. The third kappa shape index (κ3) is 4.13. The molecule has 0 bridgehead atoms. The van der Waals surface area contributed by atoms with Crippen molar-refractivity contribution in [3.63, 3.8) is 0 Å². The van der Waals surface area contributed by atoms with Crippen LogP contribution in [0.5, 0.6) is 0 Å². The highest BCUT2D eigenvalue weighted by Gasteiger charge is 2.29. The van der Waals surface area contributed by atoms with Gasteiger partial charge in [0.05, 0.1) is 46.0 Å². The highest BCUT2D eigenvalue weighted by molar-refractivity contribution is 6.36. The summed E-state index contributed by atoms with van der Waals surface area (Å²) in [6.07, 6.45) is 3.86. The fourth-order valence-corrected chi connectivity index (χ4v) is 5.27. The van der Waals surface area contributed by atoms with E-state index in [-0.39, 0.29) is 6.04 Å². The van der Waals surface area contributed by atoms with Crippen LogP contribution >= 0.6 is 23.2 Å². The molecule has 176 valence electrons. The molecule has 2 atom stereocenters. The van der Waals surface area contributed by atoms with Crippen LogP contribution in [-0.2, 0) is 4.79 Å². The second-order valence-electron chi connectivity index (χ2n) is 8.88. The summed E-state index contributed by atoms with van der Waals surface area (Å²) in [4.78, 5) is 16.3. The molecule has 2 aromatic heterocycles. The van der Waals surface area contributed by atoms with Gasteiger partial charge in [-0.3, -0.25) is 9.78 Å². The van der Waals surface area contributed by atoms with Gasteiger partial charge >= 0.3 is 5.97 Å². The van der Waals surface area contributed by atoms with Crippen molar-refractivity contribution < 1.29 is 9.90 Å². The van der Waals surface area contributed by atoms with E-state index in [0.717, 1.165) is 24.0 Å². The summed E-state index contributed by atoms with van der Waals surface area (Å²) in [5.41, 5.74) is 5.29. The highest BCUT2D eigenvalue weighted by atomic mass is 35.5. The van der Waals surface area contributed by atoms with Gasteiger partial charge in [-0.2, -0.15) is 5.26 Å². The summed E-state index contributed by atoms with van der Waals surface area (Å²) in [6.45, 7) is 3.56. The van der Waals surface area contributed by atoms with E-state index in [1.165, 1.54) is 0 Å². The minimum atomic E-state index is -0.984. The first-order valence-corrected chi connectivity index (χ1v) is 12.0.